The minimum atomic E-state index is -3.96. The van der Waals surface area contributed by atoms with Crippen molar-refractivity contribution in [2.24, 2.45) is 0 Å². The van der Waals surface area contributed by atoms with Gasteiger partial charge in [0.2, 0.25) is 15.9 Å². The summed E-state index contributed by atoms with van der Waals surface area (Å²) in [5.74, 6) is -1.72. The summed E-state index contributed by atoms with van der Waals surface area (Å²) < 4.78 is 31.3. The van der Waals surface area contributed by atoms with Gasteiger partial charge in [0.05, 0.1) is 4.90 Å². The molecule has 10 heteroatoms. The summed E-state index contributed by atoms with van der Waals surface area (Å²) in [6.07, 6.45) is 0. The predicted octanol–water partition coefficient (Wildman–Crippen LogP) is 1.72. The number of sulfonamides is 1. The molecule has 0 radical (unpaired) electrons. The summed E-state index contributed by atoms with van der Waals surface area (Å²) in [4.78, 5) is 34.6. The second kappa shape index (κ2) is 9.99. The lowest BCUT2D eigenvalue weighted by Gasteiger charge is -2.09. The van der Waals surface area contributed by atoms with Crippen molar-refractivity contribution in [1.82, 2.24) is 4.72 Å². The van der Waals surface area contributed by atoms with Crippen LogP contribution >= 0.6 is 0 Å². The number of carbonyl (C=O) groups excluding carboxylic acids is 3. The Bertz CT molecular complexity index is 1050. The third-order valence-corrected chi connectivity index (χ3v) is 5.46. The Morgan fingerprint density at radius 3 is 2.13 bits per heavy atom. The second-order valence-electron chi connectivity index (χ2n) is 6.54. The molecule has 2 aromatic rings. The predicted molar refractivity (Wildman–Crippen MR) is 111 cm³/mol. The van der Waals surface area contributed by atoms with E-state index in [0.717, 1.165) is 11.1 Å². The first-order chi connectivity index (χ1) is 14.1. The second-order valence-corrected chi connectivity index (χ2v) is 8.30. The number of ether oxygens (including phenoxy) is 1. The lowest BCUT2D eigenvalue weighted by Crippen LogP contribution is -2.32. The number of aryl methyl sites for hydroxylation is 2. The molecule has 0 unspecified atom stereocenters. The largest absolute Gasteiger partial charge is 0.455 e. The van der Waals surface area contributed by atoms with Crippen LogP contribution in [0.2, 0.25) is 0 Å². The van der Waals surface area contributed by atoms with Gasteiger partial charge in [0, 0.05) is 18.3 Å². The van der Waals surface area contributed by atoms with E-state index in [0.29, 0.717) is 11.4 Å². The van der Waals surface area contributed by atoms with Crippen LogP contribution in [0, 0.1) is 13.8 Å². The van der Waals surface area contributed by atoms with E-state index in [1.54, 1.807) is 12.1 Å². The molecule has 0 atom stereocenters. The highest BCUT2D eigenvalue weighted by Gasteiger charge is 2.17. The van der Waals surface area contributed by atoms with Gasteiger partial charge in [0.1, 0.15) is 6.54 Å². The molecule has 0 saturated carbocycles. The number of nitrogens with one attached hydrogen (secondary N) is 3. The lowest BCUT2D eigenvalue weighted by molar-refractivity contribution is -0.146. The molecule has 2 rings (SSSR count). The molecule has 0 aliphatic carbocycles. The SMILES string of the molecule is CC(=O)Nc1ccc(S(=O)(=O)NCC(=O)OCC(=O)Nc2ccc(C)c(C)c2)cc1. The van der Waals surface area contributed by atoms with Gasteiger partial charge in [0.15, 0.2) is 6.61 Å². The van der Waals surface area contributed by atoms with E-state index in [1.165, 1.54) is 31.2 Å². The van der Waals surface area contributed by atoms with Crippen LogP contribution in [-0.4, -0.2) is 39.4 Å². The molecule has 0 saturated heterocycles. The fraction of sp³-hybridized carbons (Fsp3) is 0.250. The summed E-state index contributed by atoms with van der Waals surface area (Å²) in [6.45, 7) is 4.01. The summed E-state index contributed by atoms with van der Waals surface area (Å²) in [6, 6.07) is 10.8. The first-order valence-electron chi connectivity index (χ1n) is 8.97. The van der Waals surface area contributed by atoms with Crippen molar-refractivity contribution >= 4 is 39.2 Å². The van der Waals surface area contributed by atoms with Crippen molar-refractivity contribution in [2.45, 2.75) is 25.7 Å². The summed E-state index contributed by atoms with van der Waals surface area (Å²) in [5, 5.41) is 5.12. The Kier molecular flexibility index (Phi) is 7.67. The standard InChI is InChI=1S/C20H23N3O6S/c1-13-4-5-17(10-14(13)2)23-19(25)12-29-20(26)11-21-30(27,28)18-8-6-16(7-9-18)22-15(3)24/h4-10,21H,11-12H2,1-3H3,(H,22,24)(H,23,25). The van der Waals surface area contributed by atoms with Gasteiger partial charge < -0.3 is 15.4 Å². The maximum atomic E-state index is 12.2. The molecular formula is C20H23N3O6S. The van der Waals surface area contributed by atoms with Gasteiger partial charge >= 0.3 is 5.97 Å². The van der Waals surface area contributed by atoms with E-state index in [9.17, 15) is 22.8 Å². The third kappa shape index (κ3) is 6.98. The van der Waals surface area contributed by atoms with E-state index >= 15 is 0 Å². The number of anilines is 2. The summed E-state index contributed by atoms with van der Waals surface area (Å²) in [7, 11) is -3.96. The number of hydrogen-bond donors (Lipinski definition) is 3. The molecule has 0 bridgehead atoms. The van der Waals surface area contributed by atoms with Gasteiger partial charge in [0.25, 0.3) is 5.91 Å². The van der Waals surface area contributed by atoms with Crippen molar-refractivity contribution in [2.75, 3.05) is 23.8 Å². The normalized spacial score (nSPS) is 10.9. The maximum Gasteiger partial charge on any atom is 0.321 e. The number of carbonyl (C=O) groups is 3. The van der Waals surface area contributed by atoms with Gasteiger partial charge in [-0.3, -0.25) is 14.4 Å². The molecule has 160 valence electrons. The Morgan fingerprint density at radius 1 is 0.900 bits per heavy atom. The molecule has 2 aromatic carbocycles. The first-order valence-corrected chi connectivity index (χ1v) is 10.4. The van der Waals surface area contributed by atoms with Crippen molar-refractivity contribution < 1.29 is 27.5 Å². The highest BCUT2D eigenvalue weighted by atomic mass is 32.2. The smallest absolute Gasteiger partial charge is 0.321 e. The number of esters is 1. The highest BCUT2D eigenvalue weighted by Crippen LogP contribution is 2.15. The van der Waals surface area contributed by atoms with Gasteiger partial charge in [-0.25, -0.2) is 8.42 Å². The average Bonchev–Trinajstić information content (AvgIpc) is 2.68. The monoisotopic (exact) mass is 433 g/mol. The van der Waals surface area contributed by atoms with E-state index in [-0.39, 0.29) is 10.8 Å². The van der Waals surface area contributed by atoms with Crippen molar-refractivity contribution in [3.63, 3.8) is 0 Å². The van der Waals surface area contributed by atoms with Crippen LogP contribution < -0.4 is 15.4 Å². The van der Waals surface area contributed by atoms with Crippen molar-refractivity contribution in [1.29, 1.82) is 0 Å². The molecular weight excluding hydrogens is 410 g/mol. The van der Waals surface area contributed by atoms with Crippen LogP contribution in [0.15, 0.2) is 47.4 Å². The third-order valence-electron chi connectivity index (χ3n) is 4.05. The Hall–Kier alpha value is -3.24. The van der Waals surface area contributed by atoms with Gasteiger partial charge in [-0.2, -0.15) is 4.72 Å². The maximum absolute atomic E-state index is 12.2. The van der Waals surface area contributed by atoms with Crippen LogP contribution in [0.5, 0.6) is 0 Å². The van der Waals surface area contributed by atoms with E-state index in [4.69, 9.17) is 4.74 Å². The summed E-state index contributed by atoms with van der Waals surface area (Å²) in [5.41, 5.74) is 3.10. The average molecular weight is 433 g/mol. The molecule has 0 aliphatic heterocycles. The molecule has 0 spiro atoms. The molecule has 3 N–H and O–H groups in total. The summed E-state index contributed by atoms with van der Waals surface area (Å²) >= 11 is 0. The van der Waals surface area contributed by atoms with Crippen LogP contribution in [-0.2, 0) is 29.1 Å². The van der Waals surface area contributed by atoms with E-state index in [2.05, 4.69) is 15.4 Å². The topological polar surface area (TPSA) is 131 Å². The highest BCUT2D eigenvalue weighted by molar-refractivity contribution is 7.89. The van der Waals surface area contributed by atoms with E-state index < -0.39 is 35.1 Å². The Morgan fingerprint density at radius 2 is 1.53 bits per heavy atom. The van der Waals surface area contributed by atoms with Crippen LogP contribution in [0.3, 0.4) is 0 Å². The minimum Gasteiger partial charge on any atom is -0.455 e. The van der Waals surface area contributed by atoms with Gasteiger partial charge in [-0.1, -0.05) is 6.07 Å². The minimum absolute atomic E-state index is 0.0862. The fourth-order valence-electron chi connectivity index (χ4n) is 2.37. The van der Waals surface area contributed by atoms with Crippen molar-refractivity contribution in [3.05, 3.63) is 53.6 Å². The zero-order valence-electron chi connectivity index (χ0n) is 16.8. The quantitative estimate of drug-likeness (QED) is 0.544. The van der Waals surface area contributed by atoms with Gasteiger partial charge in [-0.05, 0) is 61.4 Å². The zero-order chi connectivity index (χ0) is 22.3. The molecule has 30 heavy (non-hydrogen) atoms. The molecule has 9 nitrogen and oxygen atoms in total. The van der Waals surface area contributed by atoms with Crippen LogP contribution in [0.25, 0.3) is 0 Å². The van der Waals surface area contributed by atoms with Crippen LogP contribution in [0.1, 0.15) is 18.1 Å². The number of amides is 2. The molecule has 0 fully saturated rings. The first kappa shape index (κ1) is 23.0. The number of rotatable bonds is 8. The number of benzene rings is 2. The van der Waals surface area contributed by atoms with Crippen molar-refractivity contribution in [3.8, 4) is 0 Å². The lowest BCUT2D eigenvalue weighted by atomic mass is 10.1. The number of hydrogen-bond acceptors (Lipinski definition) is 6. The Labute approximate surface area is 174 Å². The zero-order valence-corrected chi connectivity index (χ0v) is 17.6. The fourth-order valence-corrected chi connectivity index (χ4v) is 3.34. The molecule has 0 heterocycles. The molecule has 0 aromatic heterocycles. The van der Waals surface area contributed by atoms with E-state index in [1.807, 2.05) is 19.9 Å². The molecule has 0 aliphatic rings. The van der Waals surface area contributed by atoms with Gasteiger partial charge in [-0.15, -0.1) is 0 Å². The molecule has 2 amide bonds. The Balaban J connectivity index is 1.82. The van der Waals surface area contributed by atoms with Crippen LogP contribution in [0.4, 0.5) is 11.4 Å².